The molecule has 1 N–H and O–H groups in total. The monoisotopic (exact) mass is 230 g/mol. The van der Waals surface area contributed by atoms with Crippen molar-refractivity contribution in [3.8, 4) is 0 Å². The number of carbonyl (C=O) groups excluding carboxylic acids is 1. The third-order valence-corrected chi connectivity index (χ3v) is 3.16. The van der Waals surface area contributed by atoms with E-state index in [0.29, 0.717) is 11.2 Å². The number of amides is 1. The van der Waals surface area contributed by atoms with E-state index >= 15 is 0 Å². The molecule has 0 radical (unpaired) electrons. The maximum atomic E-state index is 12.2. The van der Waals surface area contributed by atoms with E-state index in [1.807, 2.05) is 11.0 Å². The van der Waals surface area contributed by atoms with Crippen molar-refractivity contribution in [3.63, 3.8) is 0 Å². The zero-order valence-electron chi connectivity index (χ0n) is 9.52. The summed E-state index contributed by atoms with van der Waals surface area (Å²) < 4.78 is 0. The maximum absolute atomic E-state index is 12.2. The minimum absolute atomic E-state index is 0.0775. The van der Waals surface area contributed by atoms with Crippen molar-refractivity contribution < 1.29 is 4.79 Å². The second-order valence-corrected chi connectivity index (χ2v) is 4.35. The number of fused-ring (bicyclic) bond motifs is 1. The first-order valence-electron chi connectivity index (χ1n) is 5.93. The van der Waals surface area contributed by atoms with E-state index in [9.17, 15) is 4.79 Å². The van der Waals surface area contributed by atoms with Crippen molar-refractivity contribution in [1.29, 1.82) is 0 Å². The van der Waals surface area contributed by atoms with Gasteiger partial charge >= 0.3 is 0 Å². The van der Waals surface area contributed by atoms with Gasteiger partial charge in [-0.2, -0.15) is 0 Å². The number of hydrogen-bond acceptors (Lipinski definition) is 3. The lowest BCUT2D eigenvalue weighted by atomic mass is 10.1. The number of likely N-dealkylation sites (tertiary alicyclic amines) is 1. The molecule has 0 saturated carbocycles. The van der Waals surface area contributed by atoms with Gasteiger partial charge in [0.1, 0.15) is 0 Å². The number of imidazole rings is 1. The second-order valence-electron chi connectivity index (χ2n) is 4.35. The van der Waals surface area contributed by atoms with Gasteiger partial charge in [0.05, 0.1) is 17.4 Å². The number of pyridine rings is 1. The predicted octanol–water partition coefficient (Wildman–Crippen LogP) is 1.58. The molecule has 1 amide bonds. The Labute approximate surface area is 98.9 Å². The first kappa shape index (κ1) is 10.3. The summed E-state index contributed by atoms with van der Waals surface area (Å²) in [7, 11) is 0. The molecule has 2 aromatic heterocycles. The topological polar surface area (TPSA) is 61.9 Å². The average molecular weight is 230 g/mol. The number of piperidine rings is 1. The molecule has 0 atom stereocenters. The van der Waals surface area contributed by atoms with Gasteiger partial charge in [-0.3, -0.25) is 4.79 Å². The fraction of sp³-hybridized carbons (Fsp3) is 0.417. The molecule has 5 heteroatoms. The fourth-order valence-electron chi connectivity index (χ4n) is 2.23. The van der Waals surface area contributed by atoms with E-state index in [1.165, 1.54) is 6.42 Å². The average Bonchev–Trinajstić information content (AvgIpc) is 2.86. The van der Waals surface area contributed by atoms with Gasteiger partial charge in [0, 0.05) is 19.3 Å². The molecule has 3 heterocycles. The van der Waals surface area contributed by atoms with E-state index in [2.05, 4.69) is 15.0 Å². The van der Waals surface area contributed by atoms with Crippen LogP contribution in [0.2, 0.25) is 0 Å². The molecule has 1 saturated heterocycles. The molecule has 0 bridgehead atoms. The van der Waals surface area contributed by atoms with Gasteiger partial charge in [-0.15, -0.1) is 0 Å². The van der Waals surface area contributed by atoms with Crippen molar-refractivity contribution in [3.05, 3.63) is 24.2 Å². The summed E-state index contributed by atoms with van der Waals surface area (Å²) in [5.41, 5.74) is 2.11. The van der Waals surface area contributed by atoms with E-state index < -0.39 is 0 Å². The lowest BCUT2D eigenvalue weighted by Gasteiger charge is -2.26. The lowest BCUT2D eigenvalue weighted by molar-refractivity contribution is 0.0724. The Morgan fingerprint density at radius 3 is 2.88 bits per heavy atom. The van der Waals surface area contributed by atoms with Crippen LogP contribution in [0.5, 0.6) is 0 Å². The molecule has 17 heavy (non-hydrogen) atoms. The summed E-state index contributed by atoms with van der Waals surface area (Å²) in [6.45, 7) is 1.72. The minimum Gasteiger partial charge on any atom is -0.343 e. The van der Waals surface area contributed by atoms with Crippen LogP contribution in [0.3, 0.4) is 0 Å². The first-order valence-corrected chi connectivity index (χ1v) is 5.93. The fourth-order valence-corrected chi connectivity index (χ4v) is 2.23. The molecule has 88 valence electrons. The van der Waals surface area contributed by atoms with E-state index in [4.69, 9.17) is 0 Å². The molecule has 0 spiro atoms. The number of carbonyl (C=O) groups is 1. The quantitative estimate of drug-likeness (QED) is 0.809. The Morgan fingerprint density at radius 1 is 1.24 bits per heavy atom. The van der Waals surface area contributed by atoms with Crippen LogP contribution in [-0.2, 0) is 0 Å². The molecule has 5 nitrogen and oxygen atoms in total. The number of rotatable bonds is 1. The Kier molecular flexibility index (Phi) is 2.51. The van der Waals surface area contributed by atoms with Crippen molar-refractivity contribution in [1.82, 2.24) is 19.9 Å². The van der Waals surface area contributed by atoms with Crippen LogP contribution >= 0.6 is 0 Å². The normalized spacial score (nSPS) is 16.4. The van der Waals surface area contributed by atoms with Crippen molar-refractivity contribution in [2.24, 2.45) is 0 Å². The van der Waals surface area contributed by atoms with Crippen LogP contribution in [0.25, 0.3) is 11.2 Å². The van der Waals surface area contributed by atoms with Gasteiger partial charge in [-0.25, -0.2) is 9.97 Å². The van der Waals surface area contributed by atoms with E-state index in [0.717, 1.165) is 31.4 Å². The van der Waals surface area contributed by atoms with Crippen molar-refractivity contribution in [2.45, 2.75) is 19.3 Å². The highest BCUT2D eigenvalue weighted by molar-refractivity contribution is 5.96. The van der Waals surface area contributed by atoms with Crippen LogP contribution in [-0.4, -0.2) is 38.8 Å². The Morgan fingerprint density at radius 2 is 2.06 bits per heavy atom. The molecule has 0 aliphatic carbocycles. The zero-order valence-corrected chi connectivity index (χ0v) is 9.52. The molecule has 0 aromatic carbocycles. The highest BCUT2D eigenvalue weighted by Gasteiger charge is 2.18. The van der Waals surface area contributed by atoms with Crippen LogP contribution in [0, 0.1) is 0 Å². The van der Waals surface area contributed by atoms with Crippen LogP contribution < -0.4 is 0 Å². The van der Waals surface area contributed by atoms with Crippen LogP contribution in [0.4, 0.5) is 0 Å². The smallest absolute Gasteiger partial charge is 0.255 e. The summed E-state index contributed by atoms with van der Waals surface area (Å²) in [6.07, 6.45) is 6.63. The van der Waals surface area contributed by atoms with Crippen molar-refractivity contribution >= 4 is 17.1 Å². The van der Waals surface area contributed by atoms with Crippen LogP contribution in [0.15, 0.2) is 18.6 Å². The van der Waals surface area contributed by atoms with E-state index in [-0.39, 0.29) is 5.91 Å². The molecule has 3 rings (SSSR count). The van der Waals surface area contributed by atoms with Gasteiger partial charge in [0.2, 0.25) is 0 Å². The van der Waals surface area contributed by atoms with Gasteiger partial charge in [0.15, 0.2) is 5.65 Å². The predicted molar refractivity (Wildman–Crippen MR) is 63.6 cm³/mol. The maximum Gasteiger partial charge on any atom is 0.255 e. The SMILES string of the molecule is O=C(c1cnc2nc[nH]c2c1)N1CCCCC1. The second kappa shape index (κ2) is 4.16. The Balaban J connectivity index is 1.88. The van der Waals surface area contributed by atoms with Gasteiger partial charge in [-0.05, 0) is 25.3 Å². The number of aromatic amines is 1. The number of hydrogen-bond donors (Lipinski definition) is 1. The summed E-state index contributed by atoms with van der Waals surface area (Å²) >= 11 is 0. The van der Waals surface area contributed by atoms with E-state index in [1.54, 1.807) is 12.5 Å². The summed E-state index contributed by atoms with van der Waals surface area (Å²) in [5, 5.41) is 0. The third kappa shape index (κ3) is 1.88. The van der Waals surface area contributed by atoms with Gasteiger partial charge in [-0.1, -0.05) is 0 Å². The van der Waals surface area contributed by atoms with Gasteiger partial charge in [0.25, 0.3) is 5.91 Å². The number of aromatic nitrogens is 3. The molecule has 0 unspecified atom stereocenters. The summed E-state index contributed by atoms with van der Waals surface area (Å²) in [5.74, 6) is 0.0775. The highest BCUT2D eigenvalue weighted by atomic mass is 16.2. The standard InChI is InChI=1S/C12H14N4O/c17-12(16-4-2-1-3-5-16)9-6-10-11(13-7-9)15-8-14-10/h6-8H,1-5H2,(H,13,14,15). The lowest BCUT2D eigenvalue weighted by Crippen LogP contribution is -2.35. The summed E-state index contributed by atoms with van der Waals surface area (Å²) in [6, 6.07) is 1.83. The number of nitrogens with zero attached hydrogens (tertiary/aromatic N) is 3. The largest absolute Gasteiger partial charge is 0.343 e. The van der Waals surface area contributed by atoms with Crippen molar-refractivity contribution in [2.75, 3.05) is 13.1 Å². The zero-order chi connectivity index (χ0) is 11.7. The number of nitrogens with one attached hydrogen (secondary N) is 1. The Hall–Kier alpha value is -1.91. The Bertz CT molecular complexity index is 542. The molecule has 1 aliphatic rings. The molecule has 1 fully saturated rings. The molecular formula is C12H14N4O. The first-order chi connectivity index (χ1) is 8.34. The number of H-pyrrole nitrogens is 1. The minimum atomic E-state index is 0.0775. The summed E-state index contributed by atoms with van der Waals surface area (Å²) in [4.78, 5) is 25.3. The molecule has 1 aliphatic heterocycles. The van der Waals surface area contributed by atoms with Gasteiger partial charge < -0.3 is 9.88 Å². The molecular weight excluding hydrogens is 216 g/mol. The third-order valence-electron chi connectivity index (χ3n) is 3.16. The highest BCUT2D eigenvalue weighted by Crippen LogP contribution is 2.14. The van der Waals surface area contributed by atoms with Crippen LogP contribution in [0.1, 0.15) is 29.6 Å². The molecule has 2 aromatic rings.